The minimum atomic E-state index is 0.234. The summed E-state index contributed by atoms with van der Waals surface area (Å²) in [6.07, 6.45) is 1.07. The predicted molar refractivity (Wildman–Crippen MR) is 71.9 cm³/mol. The maximum absolute atomic E-state index is 9.87. The lowest BCUT2D eigenvalue weighted by molar-refractivity contribution is 0.311. The second-order valence-corrected chi connectivity index (χ2v) is 5.18. The normalized spacial score (nSPS) is 24.4. The third-order valence-electron chi connectivity index (χ3n) is 3.86. The predicted octanol–water partition coefficient (Wildman–Crippen LogP) is 1.66. The summed E-state index contributed by atoms with van der Waals surface area (Å²) in [5.74, 6) is 1.34. The van der Waals surface area contributed by atoms with Crippen molar-refractivity contribution in [3.63, 3.8) is 0 Å². The molecule has 3 N–H and O–H groups in total. The van der Waals surface area contributed by atoms with Crippen molar-refractivity contribution in [2.75, 3.05) is 27.2 Å². The van der Waals surface area contributed by atoms with Gasteiger partial charge in [0.25, 0.3) is 0 Å². The van der Waals surface area contributed by atoms with E-state index < -0.39 is 0 Å². The highest BCUT2D eigenvalue weighted by Crippen LogP contribution is 2.39. The number of nitrogens with zero attached hydrogens (tertiary/aromatic N) is 1. The van der Waals surface area contributed by atoms with Crippen LogP contribution in [0.25, 0.3) is 0 Å². The molecule has 0 saturated carbocycles. The highest BCUT2D eigenvalue weighted by Gasteiger charge is 2.30. The molecule has 0 spiro atoms. The SMILES string of the molecule is COc1cc(C2CC(CN)CN2C)cc(C)c1O. The summed E-state index contributed by atoms with van der Waals surface area (Å²) < 4.78 is 5.22. The van der Waals surface area contributed by atoms with Gasteiger partial charge in [-0.05, 0) is 50.0 Å². The number of methoxy groups -OCH3 is 1. The molecule has 0 aromatic heterocycles. The molecule has 2 unspecified atom stereocenters. The largest absolute Gasteiger partial charge is 0.504 e. The van der Waals surface area contributed by atoms with Crippen molar-refractivity contribution < 1.29 is 9.84 Å². The van der Waals surface area contributed by atoms with E-state index in [2.05, 4.69) is 11.9 Å². The summed E-state index contributed by atoms with van der Waals surface area (Å²) in [4.78, 5) is 2.32. The molecule has 0 amide bonds. The van der Waals surface area contributed by atoms with Crippen LogP contribution in [0.1, 0.15) is 23.6 Å². The molecule has 2 rings (SSSR count). The Morgan fingerprint density at radius 3 is 2.78 bits per heavy atom. The number of aryl methyl sites for hydroxylation is 1. The Morgan fingerprint density at radius 2 is 2.22 bits per heavy atom. The molecule has 4 heteroatoms. The zero-order chi connectivity index (χ0) is 13.3. The maximum atomic E-state index is 9.87. The van der Waals surface area contributed by atoms with Crippen LogP contribution in [-0.4, -0.2) is 37.3 Å². The first kappa shape index (κ1) is 13.2. The van der Waals surface area contributed by atoms with Gasteiger partial charge in [-0.15, -0.1) is 0 Å². The van der Waals surface area contributed by atoms with Gasteiger partial charge < -0.3 is 15.6 Å². The Labute approximate surface area is 108 Å². The summed E-state index contributed by atoms with van der Waals surface area (Å²) in [5.41, 5.74) is 7.81. The van der Waals surface area contributed by atoms with Crippen LogP contribution in [-0.2, 0) is 0 Å². The van der Waals surface area contributed by atoms with E-state index in [0.29, 0.717) is 17.7 Å². The van der Waals surface area contributed by atoms with Gasteiger partial charge in [-0.2, -0.15) is 0 Å². The van der Waals surface area contributed by atoms with Crippen LogP contribution >= 0.6 is 0 Å². The molecule has 1 saturated heterocycles. The number of aromatic hydroxyl groups is 1. The Hall–Kier alpha value is -1.26. The van der Waals surface area contributed by atoms with E-state index in [1.807, 2.05) is 19.1 Å². The van der Waals surface area contributed by atoms with Crippen LogP contribution in [0, 0.1) is 12.8 Å². The van der Waals surface area contributed by atoms with Crippen LogP contribution in [0.15, 0.2) is 12.1 Å². The van der Waals surface area contributed by atoms with Gasteiger partial charge in [0.15, 0.2) is 11.5 Å². The zero-order valence-corrected chi connectivity index (χ0v) is 11.3. The minimum absolute atomic E-state index is 0.234. The van der Waals surface area contributed by atoms with Crippen LogP contribution in [0.3, 0.4) is 0 Å². The third kappa shape index (κ3) is 2.31. The lowest BCUT2D eigenvalue weighted by atomic mass is 9.98. The highest BCUT2D eigenvalue weighted by molar-refractivity contribution is 5.48. The Bertz CT molecular complexity index is 434. The average Bonchev–Trinajstić information content (AvgIpc) is 2.74. The fraction of sp³-hybridized carbons (Fsp3) is 0.571. The van der Waals surface area contributed by atoms with Gasteiger partial charge >= 0.3 is 0 Å². The summed E-state index contributed by atoms with van der Waals surface area (Å²) in [5, 5.41) is 9.87. The average molecular weight is 250 g/mol. The van der Waals surface area contributed by atoms with E-state index in [1.165, 1.54) is 5.56 Å². The number of nitrogens with two attached hydrogens (primary N) is 1. The molecule has 0 radical (unpaired) electrons. The quantitative estimate of drug-likeness (QED) is 0.856. The Kier molecular flexibility index (Phi) is 3.78. The van der Waals surface area contributed by atoms with Gasteiger partial charge in [-0.1, -0.05) is 6.07 Å². The molecular weight excluding hydrogens is 228 g/mol. The Morgan fingerprint density at radius 1 is 1.50 bits per heavy atom. The van der Waals surface area contributed by atoms with Crippen molar-refractivity contribution in [3.8, 4) is 11.5 Å². The van der Waals surface area contributed by atoms with Gasteiger partial charge in [0.2, 0.25) is 0 Å². The van der Waals surface area contributed by atoms with E-state index in [4.69, 9.17) is 10.5 Å². The van der Waals surface area contributed by atoms with Gasteiger partial charge in [-0.3, -0.25) is 4.90 Å². The van der Waals surface area contributed by atoms with Crippen molar-refractivity contribution in [2.45, 2.75) is 19.4 Å². The summed E-state index contributed by atoms with van der Waals surface area (Å²) in [7, 11) is 3.70. The van der Waals surface area contributed by atoms with Gasteiger partial charge in [0.05, 0.1) is 7.11 Å². The molecule has 4 nitrogen and oxygen atoms in total. The number of hydrogen-bond acceptors (Lipinski definition) is 4. The first-order valence-corrected chi connectivity index (χ1v) is 6.34. The number of phenolic OH excluding ortho intramolecular Hbond substituents is 1. The van der Waals surface area contributed by atoms with E-state index >= 15 is 0 Å². The second kappa shape index (κ2) is 5.16. The Balaban J connectivity index is 2.31. The van der Waals surface area contributed by atoms with E-state index in [9.17, 15) is 5.11 Å². The number of benzene rings is 1. The van der Waals surface area contributed by atoms with Gasteiger partial charge in [-0.25, -0.2) is 0 Å². The molecule has 0 bridgehead atoms. The van der Waals surface area contributed by atoms with Gasteiger partial charge in [0.1, 0.15) is 0 Å². The molecule has 1 aromatic carbocycles. The lowest BCUT2D eigenvalue weighted by Gasteiger charge is -2.21. The number of ether oxygens (including phenoxy) is 1. The maximum Gasteiger partial charge on any atom is 0.161 e. The van der Waals surface area contributed by atoms with Crippen molar-refractivity contribution in [2.24, 2.45) is 11.7 Å². The van der Waals surface area contributed by atoms with Crippen molar-refractivity contribution in [3.05, 3.63) is 23.3 Å². The molecule has 1 aromatic rings. The molecule has 1 aliphatic heterocycles. The zero-order valence-electron chi connectivity index (χ0n) is 11.3. The summed E-state index contributed by atoms with van der Waals surface area (Å²) in [6.45, 7) is 3.66. The number of rotatable bonds is 3. The number of hydrogen-bond donors (Lipinski definition) is 2. The molecule has 1 aliphatic rings. The molecule has 18 heavy (non-hydrogen) atoms. The molecular formula is C14H22N2O2. The number of likely N-dealkylation sites (tertiary alicyclic amines) is 1. The second-order valence-electron chi connectivity index (χ2n) is 5.18. The van der Waals surface area contributed by atoms with Crippen molar-refractivity contribution in [1.29, 1.82) is 0 Å². The van der Waals surface area contributed by atoms with E-state index in [0.717, 1.165) is 25.1 Å². The molecule has 0 aliphatic carbocycles. The number of phenols is 1. The third-order valence-corrected chi connectivity index (χ3v) is 3.86. The lowest BCUT2D eigenvalue weighted by Crippen LogP contribution is -2.20. The summed E-state index contributed by atoms with van der Waals surface area (Å²) in [6, 6.07) is 4.34. The van der Waals surface area contributed by atoms with Crippen LogP contribution in [0.2, 0.25) is 0 Å². The smallest absolute Gasteiger partial charge is 0.161 e. The van der Waals surface area contributed by atoms with Crippen LogP contribution < -0.4 is 10.5 Å². The fourth-order valence-electron chi connectivity index (χ4n) is 2.79. The summed E-state index contributed by atoms with van der Waals surface area (Å²) >= 11 is 0. The molecule has 1 heterocycles. The first-order chi connectivity index (χ1) is 8.56. The molecule has 2 atom stereocenters. The fourth-order valence-corrected chi connectivity index (χ4v) is 2.79. The van der Waals surface area contributed by atoms with Crippen molar-refractivity contribution in [1.82, 2.24) is 4.90 Å². The minimum Gasteiger partial charge on any atom is -0.504 e. The standard InChI is InChI=1S/C14H22N2O2/c1-9-4-11(6-13(18-3)14(9)17)12-5-10(7-15)8-16(12)2/h4,6,10,12,17H,5,7-8,15H2,1-3H3. The van der Waals surface area contributed by atoms with Crippen LogP contribution in [0.4, 0.5) is 0 Å². The van der Waals surface area contributed by atoms with Crippen molar-refractivity contribution >= 4 is 0 Å². The monoisotopic (exact) mass is 250 g/mol. The topological polar surface area (TPSA) is 58.7 Å². The van der Waals surface area contributed by atoms with Crippen LogP contribution in [0.5, 0.6) is 11.5 Å². The van der Waals surface area contributed by atoms with Gasteiger partial charge in [0, 0.05) is 12.6 Å². The highest BCUT2D eigenvalue weighted by atomic mass is 16.5. The molecule has 100 valence electrons. The van der Waals surface area contributed by atoms with E-state index in [1.54, 1.807) is 7.11 Å². The molecule has 1 fully saturated rings. The first-order valence-electron chi connectivity index (χ1n) is 6.34. The van der Waals surface area contributed by atoms with E-state index in [-0.39, 0.29) is 5.75 Å².